The minimum Gasteiger partial charge on any atom is -0.357 e. The van der Waals surface area contributed by atoms with Gasteiger partial charge in [-0.25, -0.2) is 0 Å². The van der Waals surface area contributed by atoms with Crippen LogP contribution in [0.25, 0.3) is 0 Å². The van der Waals surface area contributed by atoms with Gasteiger partial charge in [-0.1, -0.05) is 0 Å². The van der Waals surface area contributed by atoms with Gasteiger partial charge >= 0.3 is 6.18 Å². The van der Waals surface area contributed by atoms with Gasteiger partial charge in [-0.05, 0) is 25.4 Å². The summed E-state index contributed by atoms with van der Waals surface area (Å²) in [6.45, 7) is 0.910. The standard InChI is InChI=1S/C6H8ClF3O2/c1-5(2,6(8,9)10)12-3-4(7)11/h3H2,1-2H3. The first-order chi connectivity index (χ1) is 5.17. The Bertz CT molecular complexity index is 176. The Hall–Kier alpha value is -0.290. The maximum Gasteiger partial charge on any atom is 0.416 e. The minimum absolute atomic E-state index is 0.742. The third-order valence-corrected chi connectivity index (χ3v) is 1.34. The van der Waals surface area contributed by atoms with E-state index in [2.05, 4.69) is 4.74 Å². The highest BCUT2D eigenvalue weighted by atomic mass is 35.5. The van der Waals surface area contributed by atoms with E-state index in [4.69, 9.17) is 11.6 Å². The second kappa shape index (κ2) is 3.62. The zero-order chi connectivity index (χ0) is 9.99. The Morgan fingerprint density at radius 2 is 1.83 bits per heavy atom. The summed E-state index contributed by atoms with van der Waals surface area (Å²) >= 11 is 4.80. The number of hydrogen-bond acceptors (Lipinski definition) is 2. The summed E-state index contributed by atoms with van der Waals surface area (Å²) in [5, 5.41) is -0.952. The fraction of sp³-hybridized carbons (Fsp3) is 0.833. The van der Waals surface area contributed by atoms with Gasteiger partial charge in [0.1, 0.15) is 6.61 Å². The van der Waals surface area contributed by atoms with Gasteiger partial charge < -0.3 is 4.74 Å². The zero-order valence-electron chi connectivity index (χ0n) is 6.54. The minimum atomic E-state index is -4.50. The van der Waals surface area contributed by atoms with Gasteiger partial charge in [-0.15, -0.1) is 0 Å². The lowest BCUT2D eigenvalue weighted by Gasteiger charge is -2.26. The Balaban J connectivity index is 4.14. The van der Waals surface area contributed by atoms with Crippen LogP contribution in [0.4, 0.5) is 13.2 Å². The van der Waals surface area contributed by atoms with Crippen molar-refractivity contribution < 1.29 is 22.7 Å². The van der Waals surface area contributed by atoms with Gasteiger partial charge in [-0.2, -0.15) is 13.2 Å². The van der Waals surface area contributed by atoms with Crippen molar-refractivity contribution in [2.45, 2.75) is 25.6 Å². The number of alkyl halides is 3. The molecule has 0 saturated carbocycles. The molecule has 0 rings (SSSR count). The van der Waals surface area contributed by atoms with E-state index in [-0.39, 0.29) is 0 Å². The van der Waals surface area contributed by atoms with Gasteiger partial charge in [0.2, 0.25) is 5.24 Å². The summed E-state index contributed by atoms with van der Waals surface area (Å²) in [4.78, 5) is 10.1. The molecule has 0 fully saturated rings. The Morgan fingerprint density at radius 1 is 1.42 bits per heavy atom. The molecule has 0 aromatic heterocycles. The summed E-state index contributed by atoms with van der Waals surface area (Å²) in [5.41, 5.74) is -2.34. The second-order valence-electron chi connectivity index (χ2n) is 2.65. The first kappa shape index (κ1) is 11.7. The molecule has 0 aliphatic carbocycles. The monoisotopic (exact) mass is 204 g/mol. The highest BCUT2D eigenvalue weighted by molar-refractivity contribution is 6.63. The van der Waals surface area contributed by atoms with Crippen LogP contribution in [0.5, 0.6) is 0 Å². The van der Waals surface area contributed by atoms with Crippen molar-refractivity contribution in [3.05, 3.63) is 0 Å². The lowest BCUT2D eigenvalue weighted by atomic mass is 10.1. The number of hydrogen-bond donors (Lipinski definition) is 0. The van der Waals surface area contributed by atoms with E-state index in [1.54, 1.807) is 0 Å². The third-order valence-electron chi connectivity index (χ3n) is 1.23. The fourth-order valence-electron chi connectivity index (χ4n) is 0.319. The molecule has 12 heavy (non-hydrogen) atoms. The molecule has 0 radical (unpaired) electrons. The van der Waals surface area contributed by atoms with Gasteiger partial charge in [0.15, 0.2) is 5.60 Å². The van der Waals surface area contributed by atoms with E-state index in [0.717, 1.165) is 13.8 Å². The highest BCUT2D eigenvalue weighted by Crippen LogP contribution is 2.32. The van der Waals surface area contributed by atoms with Crippen LogP contribution in [0, 0.1) is 0 Å². The molecular weight excluding hydrogens is 197 g/mol. The Labute approximate surface area is 72.6 Å². The summed E-state index contributed by atoms with van der Waals surface area (Å²) in [6.07, 6.45) is -4.50. The summed E-state index contributed by atoms with van der Waals surface area (Å²) in [6, 6.07) is 0. The van der Waals surface area contributed by atoms with Gasteiger partial charge in [-0.3, -0.25) is 4.79 Å². The third kappa shape index (κ3) is 3.40. The molecule has 0 atom stereocenters. The summed E-state index contributed by atoms with van der Waals surface area (Å²) in [7, 11) is 0. The van der Waals surface area contributed by atoms with Crippen molar-refractivity contribution in [1.29, 1.82) is 0 Å². The van der Waals surface area contributed by atoms with Crippen molar-refractivity contribution in [3.63, 3.8) is 0 Å². The molecule has 0 aliphatic heterocycles. The molecule has 0 unspecified atom stereocenters. The van der Waals surface area contributed by atoms with Crippen LogP contribution in [0.1, 0.15) is 13.8 Å². The molecule has 0 aliphatic rings. The number of halogens is 4. The van der Waals surface area contributed by atoms with E-state index >= 15 is 0 Å². The second-order valence-corrected chi connectivity index (χ2v) is 3.07. The lowest BCUT2D eigenvalue weighted by molar-refractivity contribution is -0.260. The number of carbonyl (C=O) groups is 1. The van der Waals surface area contributed by atoms with Crippen LogP contribution in [-0.4, -0.2) is 23.6 Å². The first-order valence-corrected chi connectivity index (χ1v) is 3.43. The van der Waals surface area contributed by atoms with Crippen molar-refractivity contribution in [2.75, 3.05) is 6.61 Å². The quantitative estimate of drug-likeness (QED) is 0.659. The number of carbonyl (C=O) groups excluding carboxylic acids is 1. The van der Waals surface area contributed by atoms with Crippen molar-refractivity contribution >= 4 is 16.8 Å². The van der Waals surface area contributed by atoms with Gasteiger partial charge in [0.05, 0.1) is 0 Å². The molecule has 0 heterocycles. The van der Waals surface area contributed by atoms with Crippen LogP contribution >= 0.6 is 11.6 Å². The average molecular weight is 205 g/mol. The molecule has 6 heteroatoms. The average Bonchev–Trinajstić information content (AvgIpc) is 1.81. The smallest absolute Gasteiger partial charge is 0.357 e. The normalized spacial score (nSPS) is 13.2. The molecule has 0 bridgehead atoms. The largest absolute Gasteiger partial charge is 0.416 e. The molecular formula is C6H8ClF3O2. The SMILES string of the molecule is CC(C)(OCC(=O)Cl)C(F)(F)F. The van der Waals surface area contributed by atoms with Crippen LogP contribution in [0.2, 0.25) is 0 Å². The van der Waals surface area contributed by atoms with Crippen molar-refractivity contribution in [3.8, 4) is 0 Å². The Kier molecular flexibility index (Phi) is 3.53. The van der Waals surface area contributed by atoms with Gasteiger partial charge in [0.25, 0.3) is 0 Å². The topological polar surface area (TPSA) is 26.3 Å². The highest BCUT2D eigenvalue weighted by Gasteiger charge is 2.48. The predicted molar refractivity (Wildman–Crippen MR) is 36.9 cm³/mol. The fourth-order valence-corrected chi connectivity index (χ4v) is 0.374. The predicted octanol–water partition coefficient (Wildman–Crippen LogP) is 2.11. The van der Waals surface area contributed by atoms with Crippen LogP contribution in [0.3, 0.4) is 0 Å². The maximum absolute atomic E-state index is 12.0. The number of rotatable bonds is 3. The molecule has 2 nitrogen and oxygen atoms in total. The van der Waals surface area contributed by atoms with E-state index in [1.807, 2.05) is 0 Å². The van der Waals surface area contributed by atoms with Crippen molar-refractivity contribution in [1.82, 2.24) is 0 Å². The zero-order valence-corrected chi connectivity index (χ0v) is 7.29. The van der Waals surface area contributed by atoms with Crippen LogP contribution < -0.4 is 0 Å². The molecule has 0 aromatic carbocycles. The molecule has 0 N–H and O–H groups in total. The lowest BCUT2D eigenvalue weighted by Crippen LogP contribution is -2.42. The summed E-state index contributed by atoms with van der Waals surface area (Å²) in [5.74, 6) is 0. The molecule has 72 valence electrons. The Morgan fingerprint density at radius 3 is 2.08 bits per heavy atom. The number of ether oxygens (including phenoxy) is 1. The first-order valence-electron chi connectivity index (χ1n) is 3.06. The molecule has 0 saturated heterocycles. The van der Waals surface area contributed by atoms with Crippen LogP contribution in [-0.2, 0) is 9.53 Å². The van der Waals surface area contributed by atoms with E-state index < -0.39 is 23.6 Å². The molecule has 0 aromatic rings. The van der Waals surface area contributed by atoms with E-state index in [0.29, 0.717) is 0 Å². The van der Waals surface area contributed by atoms with Crippen molar-refractivity contribution in [2.24, 2.45) is 0 Å². The van der Waals surface area contributed by atoms with Crippen LogP contribution in [0.15, 0.2) is 0 Å². The van der Waals surface area contributed by atoms with E-state index in [1.165, 1.54) is 0 Å². The maximum atomic E-state index is 12.0. The molecule has 0 amide bonds. The van der Waals surface area contributed by atoms with Gasteiger partial charge in [0, 0.05) is 0 Å². The summed E-state index contributed by atoms with van der Waals surface area (Å²) < 4.78 is 40.3. The van der Waals surface area contributed by atoms with E-state index in [9.17, 15) is 18.0 Å². The molecule has 0 spiro atoms.